The van der Waals surface area contributed by atoms with E-state index >= 15 is 0 Å². The topological polar surface area (TPSA) is 49.8 Å². The van der Waals surface area contributed by atoms with Gasteiger partial charge in [-0.2, -0.15) is 0 Å². The van der Waals surface area contributed by atoms with Crippen molar-refractivity contribution in [2.24, 2.45) is 5.92 Å². The van der Waals surface area contributed by atoms with Crippen LogP contribution in [-0.2, 0) is 4.74 Å². The average Bonchev–Trinajstić information content (AvgIpc) is 2.95. The molecule has 4 nitrogen and oxygen atoms in total. The molecular formula is C16H19ClFNO3. The van der Waals surface area contributed by atoms with Crippen molar-refractivity contribution in [3.05, 3.63) is 34.6 Å². The van der Waals surface area contributed by atoms with Gasteiger partial charge in [-0.1, -0.05) is 18.0 Å². The molecule has 1 saturated heterocycles. The zero-order chi connectivity index (χ0) is 15.7. The molecule has 3 unspecified atom stereocenters. The molecule has 1 N–H and O–H groups in total. The molecule has 2 fully saturated rings. The van der Waals surface area contributed by atoms with Gasteiger partial charge < -0.3 is 14.7 Å². The van der Waals surface area contributed by atoms with E-state index in [-0.39, 0.29) is 28.5 Å². The molecule has 0 aromatic heterocycles. The van der Waals surface area contributed by atoms with Crippen LogP contribution in [0, 0.1) is 11.7 Å². The first-order valence-electron chi connectivity index (χ1n) is 7.60. The van der Waals surface area contributed by atoms with Crippen molar-refractivity contribution >= 4 is 17.5 Å². The minimum atomic E-state index is -0.599. The van der Waals surface area contributed by atoms with Crippen LogP contribution < -0.4 is 0 Å². The van der Waals surface area contributed by atoms with Gasteiger partial charge >= 0.3 is 0 Å². The number of rotatable bonds is 2. The van der Waals surface area contributed by atoms with Gasteiger partial charge in [-0.25, -0.2) is 4.39 Å². The standard InChI is InChI=1S/C16H19ClFNO3/c17-12-5-4-10(8-13(12)18)16(21)19-6-7-22-9-14(19)11-2-1-3-15(11)20/h4-5,8,11,14-15,20H,1-3,6-7,9H2. The smallest absolute Gasteiger partial charge is 0.254 e. The molecule has 1 saturated carbocycles. The lowest BCUT2D eigenvalue weighted by atomic mass is 9.93. The molecule has 0 bridgehead atoms. The Morgan fingerprint density at radius 1 is 1.41 bits per heavy atom. The molecule has 6 heteroatoms. The van der Waals surface area contributed by atoms with E-state index in [1.807, 2.05) is 0 Å². The summed E-state index contributed by atoms with van der Waals surface area (Å²) in [5.74, 6) is -0.803. The van der Waals surface area contributed by atoms with Gasteiger partial charge in [-0.3, -0.25) is 4.79 Å². The third-order valence-electron chi connectivity index (χ3n) is 4.62. The summed E-state index contributed by atoms with van der Waals surface area (Å²) in [5.41, 5.74) is 0.279. The number of carbonyl (C=O) groups is 1. The van der Waals surface area contributed by atoms with E-state index in [1.165, 1.54) is 18.2 Å². The van der Waals surface area contributed by atoms with Crippen LogP contribution in [0.1, 0.15) is 29.6 Å². The maximum atomic E-state index is 13.6. The first-order valence-corrected chi connectivity index (χ1v) is 7.97. The Morgan fingerprint density at radius 2 is 2.23 bits per heavy atom. The second kappa shape index (κ2) is 6.52. The lowest BCUT2D eigenvalue weighted by Gasteiger charge is -2.40. The van der Waals surface area contributed by atoms with Crippen molar-refractivity contribution in [1.29, 1.82) is 0 Å². The predicted octanol–water partition coefficient (Wildman–Crippen LogP) is 2.48. The number of nitrogens with zero attached hydrogens (tertiary/aromatic N) is 1. The van der Waals surface area contributed by atoms with Crippen LogP contribution in [0.5, 0.6) is 0 Å². The minimum absolute atomic E-state index is 0.00120. The van der Waals surface area contributed by atoms with Crippen LogP contribution in [0.4, 0.5) is 4.39 Å². The van der Waals surface area contributed by atoms with E-state index in [1.54, 1.807) is 4.90 Å². The second-order valence-electron chi connectivity index (χ2n) is 5.93. The highest BCUT2D eigenvalue weighted by Crippen LogP contribution is 2.33. The summed E-state index contributed by atoms with van der Waals surface area (Å²) in [6.07, 6.45) is 2.20. The summed E-state index contributed by atoms with van der Waals surface area (Å²) in [4.78, 5) is 14.4. The average molecular weight is 328 g/mol. The number of benzene rings is 1. The van der Waals surface area contributed by atoms with Gasteiger partial charge in [-0.05, 0) is 31.0 Å². The molecular weight excluding hydrogens is 309 g/mol. The molecule has 1 aliphatic carbocycles. The Hall–Kier alpha value is -1.17. The number of carbonyl (C=O) groups excluding carboxylic acids is 1. The number of aliphatic hydroxyl groups is 1. The Morgan fingerprint density at radius 3 is 2.91 bits per heavy atom. The quantitative estimate of drug-likeness (QED) is 0.908. The highest BCUT2D eigenvalue weighted by molar-refractivity contribution is 6.30. The first-order chi connectivity index (χ1) is 10.6. The van der Waals surface area contributed by atoms with Crippen molar-refractivity contribution in [3.8, 4) is 0 Å². The fraction of sp³-hybridized carbons (Fsp3) is 0.562. The van der Waals surface area contributed by atoms with Gasteiger partial charge in [-0.15, -0.1) is 0 Å². The van der Waals surface area contributed by atoms with Crippen molar-refractivity contribution in [1.82, 2.24) is 4.90 Å². The largest absolute Gasteiger partial charge is 0.393 e. The predicted molar refractivity (Wildman–Crippen MR) is 80.4 cm³/mol. The number of amides is 1. The zero-order valence-corrected chi connectivity index (χ0v) is 12.9. The first kappa shape index (κ1) is 15.7. The Bertz CT molecular complexity index is 568. The fourth-order valence-corrected chi connectivity index (χ4v) is 3.56. The number of aliphatic hydroxyl groups excluding tert-OH is 1. The van der Waals surface area contributed by atoms with Crippen LogP contribution in [-0.4, -0.2) is 47.8 Å². The summed E-state index contributed by atoms with van der Waals surface area (Å²) in [7, 11) is 0. The van der Waals surface area contributed by atoms with E-state index in [2.05, 4.69) is 0 Å². The molecule has 0 radical (unpaired) electrons. The second-order valence-corrected chi connectivity index (χ2v) is 6.34. The molecule has 2 aliphatic rings. The lowest BCUT2D eigenvalue weighted by molar-refractivity contribution is -0.0383. The number of halogens is 2. The maximum Gasteiger partial charge on any atom is 0.254 e. The number of ether oxygens (including phenoxy) is 1. The summed E-state index contributed by atoms with van der Waals surface area (Å²) in [6.45, 7) is 1.33. The SMILES string of the molecule is O=C(c1ccc(Cl)c(F)c1)N1CCOCC1C1CCCC1O. The van der Waals surface area contributed by atoms with Crippen LogP contribution in [0.25, 0.3) is 0 Å². The molecule has 3 rings (SSSR count). The summed E-state index contributed by atoms with van der Waals surface area (Å²) in [6, 6.07) is 3.94. The molecule has 1 aliphatic heterocycles. The van der Waals surface area contributed by atoms with Gasteiger partial charge in [0.2, 0.25) is 0 Å². The number of morpholine rings is 1. The molecule has 120 valence electrons. The molecule has 1 heterocycles. The van der Waals surface area contributed by atoms with Crippen LogP contribution in [0.3, 0.4) is 0 Å². The monoisotopic (exact) mass is 327 g/mol. The number of hydrogen-bond acceptors (Lipinski definition) is 3. The number of hydrogen-bond donors (Lipinski definition) is 1. The lowest BCUT2D eigenvalue weighted by Crippen LogP contribution is -2.53. The summed E-state index contributed by atoms with van der Waals surface area (Å²) in [5, 5.41) is 10.1. The van der Waals surface area contributed by atoms with Gasteiger partial charge in [0.1, 0.15) is 5.82 Å². The highest BCUT2D eigenvalue weighted by atomic mass is 35.5. The molecule has 22 heavy (non-hydrogen) atoms. The van der Waals surface area contributed by atoms with Crippen LogP contribution >= 0.6 is 11.6 Å². The van der Waals surface area contributed by atoms with Gasteiger partial charge in [0.15, 0.2) is 0 Å². The van der Waals surface area contributed by atoms with Crippen molar-refractivity contribution < 1.29 is 19.0 Å². The van der Waals surface area contributed by atoms with Crippen molar-refractivity contribution in [3.63, 3.8) is 0 Å². The van der Waals surface area contributed by atoms with E-state index in [9.17, 15) is 14.3 Å². The highest BCUT2D eigenvalue weighted by Gasteiger charge is 2.39. The minimum Gasteiger partial charge on any atom is -0.393 e. The third kappa shape index (κ3) is 2.98. The van der Waals surface area contributed by atoms with Crippen molar-refractivity contribution in [2.45, 2.75) is 31.4 Å². The van der Waals surface area contributed by atoms with Gasteiger partial charge in [0.25, 0.3) is 5.91 Å². The van der Waals surface area contributed by atoms with E-state index < -0.39 is 11.9 Å². The molecule has 1 amide bonds. The molecule has 1 aromatic rings. The Balaban J connectivity index is 1.83. The van der Waals surface area contributed by atoms with Crippen molar-refractivity contribution in [2.75, 3.05) is 19.8 Å². The molecule has 3 atom stereocenters. The fourth-order valence-electron chi connectivity index (χ4n) is 3.44. The maximum absolute atomic E-state index is 13.6. The van der Waals surface area contributed by atoms with E-state index in [4.69, 9.17) is 16.3 Å². The van der Waals surface area contributed by atoms with E-state index in [0.717, 1.165) is 19.3 Å². The van der Waals surface area contributed by atoms with E-state index in [0.29, 0.717) is 19.8 Å². The summed E-state index contributed by atoms with van der Waals surface area (Å²) >= 11 is 5.67. The third-order valence-corrected chi connectivity index (χ3v) is 4.93. The van der Waals surface area contributed by atoms with Gasteiger partial charge in [0.05, 0.1) is 30.4 Å². The Kier molecular flexibility index (Phi) is 4.66. The van der Waals surface area contributed by atoms with Crippen LogP contribution in [0.2, 0.25) is 5.02 Å². The van der Waals surface area contributed by atoms with Crippen LogP contribution in [0.15, 0.2) is 18.2 Å². The van der Waals surface area contributed by atoms with Gasteiger partial charge in [0, 0.05) is 18.0 Å². The Labute approximate surface area is 133 Å². The molecule has 1 aromatic carbocycles. The molecule has 0 spiro atoms. The normalized spacial score (nSPS) is 28.9. The summed E-state index contributed by atoms with van der Waals surface area (Å²) < 4.78 is 19.1. The zero-order valence-electron chi connectivity index (χ0n) is 12.2.